The highest BCUT2D eigenvalue weighted by molar-refractivity contribution is 7.92. The molecule has 0 fully saturated rings. The Bertz CT molecular complexity index is 887. The summed E-state index contributed by atoms with van der Waals surface area (Å²) in [7, 11) is -3.60. The molecule has 0 amide bonds. The van der Waals surface area contributed by atoms with Gasteiger partial charge in [-0.05, 0) is 48.9 Å². The molecule has 0 aliphatic carbocycles. The lowest BCUT2D eigenvalue weighted by Crippen LogP contribution is -2.13. The molecule has 0 radical (unpaired) electrons. The van der Waals surface area contributed by atoms with Gasteiger partial charge in [-0.3, -0.25) is 4.72 Å². The number of hydrogen-bond donors (Lipinski definition) is 1. The van der Waals surface area contributed by atoms with Crippen LogP contribution in [0, 0.1) is 6.92 Å². The van der Waals surface area contributed by atoms with Gasteiger partial charge < -0.3 is 0 Å². The van der Waals surface area contributed by atoms with Gasteiger partial charge in [-0.25, -0.2) is 13.1 Å². The lowest BCUT2D eigenvalue weighted by Gasteiger charge is -2.10. The molecule has 112 valence electrons. The van der Waals surface area contributed by atoms with Gasteiger partial charge in [0.2, 0.25) is 0 Å². The zero-order chi connectivity index (χ0) is 15.6. The van der Waals surface area contributed by atoms with E-state index >= 15 is 0 Å². The number of nitrogens with zero attached hydrogens (tertiary/aromatic N) is 2. The topological polar surface area (TPSA) is 64.0 Å². The summed E-state index contributed by atoms with van der Waals surface area (Å²) in [5, 5.41) is 4.13. The predicted molar refractivity (Wildman–Crippen MR) is 85.6 cm³/mol. The van der Waals surface area contributed by atoms with E-state index in [0.717, 1.165) is 11.3 Å². The third kappa shape index (κ3) is 3.01. The summed E-state index contributed by atoms with van der Waals surface area (Å²) in [5.74, 6) is 0. The number of aryl methyl sites for hydroxylation is 1. The third-order valence-electron chi connectivity index (χ3n) is 3.17. The summed E-state index contributed by atoms with van der Waals surface area (Å²) >= 11 is 0. The van der Waals surface area contributed by atoms with Crippen molar-refractivity contribution in [3.63, 3.8) is 0 Å². The van der Waals surface area contributed by atoms with Crippen LogP contribution in [0.25, 0.3) is 5.69 Å². The molecule has 0 unspecified atom stereocenters. The van der Waals surface area contributed by atoms with Gasteiger partial charge in [-0.1, -0.05) is 18.2 Å². The Morgan fingerprint density at radius 2 is 1.86 bits per heavy atom. The van der Waals surface area contributed by atoms with Crippen LogP contribution >= 0.6 is 0 Å². The van der Waals surface area contributed by atoms with Crippen LogP contribution in [0.4, 0.5) is 5.69 Å². The van der Waals surface area contributed by atoms with Crippen LogP contribution < -0.4 is 4.72 Å². The van der Waals surface area contributed by atoms with Crippen molar-refractivity contribution in [3.05, 3.63) is 72.6 Å². The van der Waals surface area contributed by atoms with Crippen molar-refractivity contribution < 1.29 is 8.42 Å². The largest absolute Gasteiger partial charge is 0.280 e. The molecule has 5 nitrogen and oxygen atoms in total. The van der Waals surface area contributed by atoms with Gasteiger partial charge in [0.15, 0.2) is 0 Å². The summed E-state index contributed by atoms with van der Waals surface area (Å²) in [6.07, 6.45) is 3.47. The zero-order valence-corrected chi connectivity index (χ0v) is 12.8. The normalized spacial score (nSPS) is 11.3. The standard InChI is InChI=1S/C16H15N3O2S/c1-13-5-2-8-16(11-13)22(20,21)18-14-6-3-7-15(12-14)19-10-4-9-17-19/h2-12,18H,1H3. The van der Waals surface area contributed by atoms with E-state index in [1.807, 2.05) is 25.1 Å². The van der Waals surface area contributed by atoms with Crippen molar-refractivity contribution in [3.8, 4) is 5.69 Å². The molecule has 0 bridgehead atoms. The molecule has 6 heteroatoms. The van der Waals surface area contributed by atoms with E-state index in [4.69, 9.17) is 0 Å². The third-order valence-corrected chi connectivity index (χ3v) is 4.55. The average Bonchev–Trinajstić information content (AvgIpc) is 3.01. The molecule has 1 heterocycles. The SMILES string of the molecule is Cc1cccc(S(=O)(=O)Nc2cccc(-n3cccn3)c2)c1. The summed E-state index contributed by atoms with van der Waals surface area (Å²) in [6.45, 7) is 1.86. The minimum absolute atomic E-state index is 0.247. The lowest BCUT2D eigenvalue weighted by molar-refractivity contribution is 0.601. The minimum atomic E-state index is -3.60. The van der Waals surface area contributed by atoms with E-state index in [1.54, 1.807) is 53.5 Å². The molecule has 3 rings (SSSR count). The first kappa shape index (κ1) is 14.3. The Balaban J connectivity index is 1.91. The van der Waals surface area contributed by atoms with Gasteiger partial charge >= 0.3 is 0 Å². The summed E-state index contributed by atoms with van der Waals surface area (Å²) in [5.41, 5.74) is 2.18. The molecule has 0 saturated carbocycles. The maximum Gasteiger partial charge on any atom is 0.261 e. The van der Waals surface area contributed by atoms with Crippen LogP contribution in [-0.4, -0.2) is 18.2 Å². The molecule has 0 saturated heterocycles. The molecule has 22 heavy (non-hydrogen) atoms. The van der Waals surface area contributed by atoms with Gasteiger partial charge in [0.1, 0.15) is 0 Å². The van der Waals surface area contributed by atoms with Crippen molar-refractivity contribution in [2.45, 2.75) is 11.8 Å². The number of rotatable bonds is 4. The summed E-state index contributed by atoms with van der Waals surface area (Å²) in [6, 6.07) is 15.7. The number of nitrogens with one attached hydrogen (secondary N) is 1. The minimum Gasteiger partial charge on any atom is -0.280 e. The number of anilines is 1. The second-order valence-corrected chi connectivity index (χ2v) is 6.61. The maximum absolute atomic E-state index is 12.4. The highest BCUT2D eigenvalue weighted by Gasteiger charge is 2.14. The van der Waals surface area contributed by atoms with Crippen molar-refractivity contribution in [2.75, 3.05) is 4.72 Å². The van der Waals surface area contributed by atoms with Gasteiger partial charge in [0.05, 0.1) is 16.3 Å². The number of hydrogen-bond acceptors (Lipinski definition) is 3. The van der Waals surface area contributed by atoms with Gasteiger partial charge in [-0.15, -0.1) is 0 Å². The van der Waals surface area contributed by atoms with Crippen molar-refractivity contribution in [1.82, 2.24) is 9.78 Å². The molecule has 1 aromatic heterocycles. The molecule has 3 aromatic rings. The van der Waals surface area contributed by atoms with Crippen LogP contribution in [0.3, 0.4) is 0 Å². The monoisotopic (exact) mass is 313 g/mol. The van der Waals surface area contributed by atoms with Crippen molar-refractivity contribution >= 4 is 15.7 Å². The Kier molecular flexibility index (Phi) is 3.68. The Morgan fingerprint density at radius 3 is 2.59 bits per heavy atom. The first-order chi connectivity index (χ1) is 10.5. The molecule has 2 aromatic carbocycles. The van der Waals surface area contributed by atoms with E-state index in [9.17, 15) is 8.42 Å². The van der Waals surface area contributed by atoms with Crippen molar-refractivity contribution in [1.29, 1.82) is 0 Å². The van der Waals surface area contributed by atoms with Gasteiger partial charge in [0, 0.05) is 12.4 Å². The molecule has 1 N–H and O–H groups in total. The first-order valence-corrected chi connectivity index (χ1v) is 8.22. The Morgan fingerprint density at radius 1 is 1.05 bits per heavy atom. The Hall–Kier alpha value is -2.60. The van der Waals surface area contributed by atoms with Crippen LogP contribution in [0.1, 0.15) is 5.56 Å². The molecule has 0 spiro atoms. The fourth-order valence-electron chi connectivity index (χ4n) is 2.13. The number of aromatic nitrogens is 2. The summed E-state index contributed by atoms with van der Waals surface area (Å²) < 4.78 is 29.1. The smallest absolute Gasteiger partial charge is 0.261 e. The molecular formula is C16H15N3O2S. The van der Waals surface area contributed by atoms with E-state index in [2.05, 4.69) is 9.82 Å². The second kappa shape index (κ2) is 5.65. The maximum atomic E-state index is 12.4. The second-order valence-electron chi connectivity index (χ2n) is 4.92. The van der Waals surface area contributed by atoms with E-state index < -0.39 is 10.0 Å². The molecule has 0 aliphatic heterocycles. The lowest BCUT2D eigenvalue weighted by atomic mass is 10.2. The van der Waals surface area contributed by atoms with Crippen molar-refractivity contribution in [2.24, 2.45) is 0 Å². The highest BCUT2D eigenvalue weighted by atomic mass is 32.2. The van der Waals surface area contributed by atoms with E-state index in [1.165, 1.54) is 0 Å². The zero-order valence-electron chi connectivity index (χ0n) is 12.0. The van der Waals surface area contributed by atoms with E-state index in [0.29, 0.717) is 5.69 Å². The van der Waals surface area contributed by atoms with Crippen LogP contribution in [0.2, 0.25) is 0 Å². The fourth-order valence-corrected chi connectivity index (χ4v) is 3.28. The predicted octanol–water partition coefficient (Wildman–Crippen LogP) is 2.98. The number of benzene rings is 2. The average molecular weight is 313 g/mol. The molecular weight excluding hydrogens is 298 g/mol. The highest BCUT2D eigenvalue weighted by Crippen LogP contribution is 2.19. The number of sulfonamides is 1. The quantitative estimate of drug-likeness (QED) is 0.805. The van der Waals surface area contributed by atoms with Crippen LogP contribution in [0.15, 0.2) is 71.9 Å². The van der Waals surface area contributed by atoms with Crippen LogP contribution in [-0.2, 0) is 10.0 Å². The molecule has 0 atom stereocenters. The van der Waals surface area contributed by atoms with Crippen LogP contribution in [0.5, 0.6) is 0 Å². The Labute approximate surface area is 129 Å². The van der Waals surface area contributed by atoms with Gasteiger partial charge in [-0.2, -0.15) is 5.10 Å². The fraction of sp³-hybridized carbons (Fsp3) is 0.0625. The first-order valence-electron chi connectivity index (χ1n) is 6.74. The summed E-state index contributed by atoms with van der Waals surface area (Å²) in [4.78, 5) is 0.247. The molecule has 0 aliphatic rings. The van der Waals surface area contributed by atoms with Gasteiger partial charge in [0.25, 0.3) is 10.0 Å². The van der Waals surface area contributed by atoms with E-state index in [-0.39, 0.29) is 4.90 Å².